The van der Waals surface area contributed by atoms with Gasteiger partial charge in [0.25, 0.3) is 0 Å². The van der Waals surface area contributed by atoms with Crippen LogP contribution in [0.5, 0.6) is 11.5 Å². The lowest BCUT2D eigenvalue weighted by molar-refractivity contribution is 0.331. The molecule has 1 aromatic heterocycles. The van der Waals surface area contributed by atoms with Gasteiger partial charge >= 0.3 is 0 Å². The van der Waals surface area contributed by atoms with Crippen LogP contribution in [0.1, 0.15) is 5.56 Å². The van der Waals surface area contributed by atoms with Crippen molar-refractivity contribution >= 4 is 22.7 Å². The first-order valence-electron chi connectivity index (χ1n) is 7.94. The molecule has 5 nitrogen and oxygen atoms in total. The summed E-state index contributed by atoms with van der Waals surface area (Å²) in [6.45, 7) is 0.172. The van der Waals surface area contributed by atoms with Gasteiger partial charge in [-0.1, -0.05) is 5.92 Å². The third-order valence-corrected chi connectivity index (χ3v) is 4.26. The Morgan fingerprint density at radius 2 is 2.07 bits per heavy atom. The number of terminal acetylenes is 1. The number of aromatic nitrogens is 1. The molecule has 7 heteroatoms. The molecule has 0 aliphatic carbocycles. The van der Waals surface area contributed by atoms with Crippen molar-refractivity contribution < 1.29 is 13.9 Å². The Balaban J connectivity index is 1.65. The average Bonchev–Trinajstić information content (AvgIpc) is 3.16. The quantitative estimate of drug-likeness (QED) is 0.374. The number of nitrogens with zero attached hydrogens (tertiary/aromatic N) is 2. The molecular formula is C20H16FN3O2S. The fraction of sp³-hybridized carbons (Fsp3) is 0.100. The zero-order valence-electron chi connectivity index (χ0n) is 14.5. The highest BCUT2D eigenvalue weighted by Crippen LogP contribution is 2.28. The highest BCUT2D eigenvalue weighted by atomic mass is 32.1. The summed E-state index contributed by atoms with van der Waals surface area (Å²) in [5.74, 6) is 3.28. The molecule has 3 aromatic rings. The standard InChI is InChI=1S/C20H16FN3O2S/c1-3-10-26-18-9-4-14(11-19(18)25-2)12-22-24-20-23-17(13-27-20)15-5-7-16(21)8-6-15/h1,4-9,11-13H,10H2,2H3,(H,23,24)/b22-12+. The Labute approximate surface area is 160 Å². The van der Waals surface area contributed by atoms with Gasteiger partial charge in [0.1, 0.15) is 12.4 Å². The van der Waals surface area contributed by atoms with E-state index in [4.69, 9.17) is 15.9 Å². The first-order valence-corrected chi connectivity index (χ1v) is 8.82. The normalized spacial score (nSPS) is 10.6. The van der Waals surface area contributed by atoms with Gasteiger partial charge in [-0.3, -0.25) is 5.43 Å². The number of nitrogens with one attached hydrogen (secondary N) is 1. The topological polar surface area (TPSA) is 55.7 Å². The SMILES string of the molecule is C#CCOc1ccc(/C=N/Nc2nc(-c3ccc(F)cc3)cs2)cc1OC. The number of thiazole rings is 1. The van der Waals surface area contributed by atoms with Gasteiger partial charge in [0, 0.05) is 10.9 Å². The third-order valence-electron chi connectivity index (χ3n) is 3.52. The number of hydrogen-bond donors (Lipinski definition) is 1. The van der Waals surface area contributed by atoms with Gasteiger partial charge in [-0.05, 0) is 48.0 Å². The summed E-state index contributed by atoms with van der Waals surface area (Å²) in [4.78, 5) is 4.43. The van der Waals surface area contributed by atoms with E-state index >= 15 is 0 Å². The van der Waals surface area contributed by atoms with Gasteiger partial charge in [-0.15, -0.1) is 17.8 Å². The number of halogens is 1. The lowest BCUT2D eigenvalue weighted by Crippen LogP contribution is -1.98. The molecule has 0 fully saturated rings. The highest BCUT2D eigenvalue weighted by Gasteiger charge is 2.06. The van der Waals surface area contributed by atoms with Crippen LogP contribution in [0.4, 0.5) is 9.52 Å². The van der Waals surface area contributed by atoms with Gasteiger partial charge < -0.3 is 9.47 Å². The molecule has 0 aliphatic heterocycles. The second-order valence-corrected chi connectivity index (χ2v) is 6.18. The van der Waals surface area contributed by atoms with E-state index in [9.17, 15) is 4.39 Å². The van der Waals surface area contributed by atoms with E-state index in [1.165, 1.54) is 23.5 Å². The maximum absolute atomic E-state index is 13.0. The molecule has 0 unspecified atom stereocenters. The molecule has 0 spiro atoms. The van der Waals surface area contributed by atoms with Gasteiger partial charge in [0.15, 0.2) is 11.5 Å². The largest absolute Gasteiger partial charge is 0.493 e. The Kier molecular flexibility index (Phi) is 6.02. The third kappa shape index (κ3) is 4.84. The zero-order chi connectivity index (χ0) is 19.1. The molecule has 1 heterocycles. The van der Waals surface area contributed by atoms with E-state index in [0.717, 1.165) is 16.8 Å². The predicted molar refractivity (Wildman–Crippen MR) is 106 cm³/mol. The number of anilines is 1. The predicted octanol–water partition coefficient (Wildman–Crippen LogP) is 4.42. The fourth-order valence-corrected chi connectivity index (χ4v) is 2.91. The van der Waals surface area contributed by atoms with Crippen LogP contribution in [0.25, 0.3) is 11.3 Å². The highest BCUT2D eigenvalue weighted by molar-refractivity contribution is 7.14. The maximum atomic E-state index is 13.0. The number of hydrogen-bond acceptors (Lipinski definition) is 6. The zero-order valence-corrected chi connectivity index (χ0v) is 15.3. The molecule has 0 bridgehead atoms. The number of ether oxygens (including phenoxy) is 2. The molecule has 2 aromatic carbocycles. The Morgan fingerprint density at radius 1 is 1.26 bits per heavy atom. The summed E-state index contributed by atoms with van der Waals surface area (Å²) < 4.78 is 23.7. The van der Waals surface area contributed by atoms with Crippen LogP contribution >= 0.6 is 11.3 Å². The first kappa shape index (κ1) is 18.4. The van der Waals surface area contributed by atoms with E-state index in [0.29, 0.717) is 16.6 Å². The van der Waals surface area contributed by atoms with E-state index in [1.54, 1.807) is 37.6 Å². The van der Waals surface area contributed by atoms with Crippen LogP contribution in [0.15, 0.2) is 52.9 Å². The van der Waals surface area contributed by atoms with Gasteiger partial charge in [-0.2, -0.15) is 5.10 Å². The first-order chi connectivity index (χ1) is 13.2. The van der Waals surface area contributed by atoms with Crippen molar-refractivity contribution in [3.05, 3.63) is 59.2 Å². The Hall–Kier alpha value is -3.37. The lowest BCUT2D eigenvalue weighted by Gasteiger charge is -2.08. The number of hydrazone groups is 1. The smallest absolute Gasteiger partial charge is 0.203 e. The Bertz CT molecular complexity index is 978. The molecule has 27 heavy (non-hydrogen) atoms. The van der Waals surface area contributed by atoms with Crippen molar-refractivity contribution in [2.24, 2.45) is 5.10 Å². The van der Waals surface area contributed by atoms with Crippen molar-refractivity contribution in [3.8, 4) is 35.1 Å². The van der Waals surface area contributed by atoms with Crippen LogP contribution < -0.4 is 14.9 Å². The van der Waals surface area contributed by atoms with Crippen molar-refractivity contribution in [2.75, 3.05) is 19.1 Å². The van der Waals surface area contributed by atoms with Gasteiger partial charge in [0.2, 0.25) is 5.13 Å². The van der Waals surface area contributed by atoms with Crippen molar-refractivity contribution in [1.82, 2.24) is 4.98 Å². The summed E-state index contributed by atoms with van der Waals surface area (Å²) in [5, 5.41) is 6.70. The molecule has 136 valence electrons. The molecule has 0 saturated carbocycles. The summed E-state index contributed by atoms with van der Waals surface area (Å²) >= 11 is 1.41. The van der Waals surface area contributed by atoms with E-state index < -0.39 is 0 Å². The van der Waals surface area contributed by atoms with Crippen molar-refractivity contribution in [3.63, 3.8) is 0 Å². The molecule has 0 aliphatic rings. The molecule has 0 radical (unpaired) electrons. The molecule has 0 atom stereocenters. The minimum Gasteiger partial charge on any atom is -0.493 e. The lowest BCUT2D eigenvalue weighted by atomic mass is 10.2. The number of methoxy groups -OCH3 is 1. The van der Waals surface area contributed by atoms with Crippen LogP contribution in [-0.2, 0) is 0 Å². The number of rotatable bonds is 7. The van der Waals surface area contributed by atoms with Crippen LogP contribution in [0, 0.1) is 18.2 Å². The minimum atomic E-state index is -0.275. The minimum absolute atomic E-state index is 0.172. The number of benzene rings is 2. The summed E-state index contributed by atoms with van der Waals surface area (Å²) in [6, 6.07) is 11.6. The van der Waals surface area contributed by atoms with E-state index in [1.807, 2.05) is 11.4 Å². The van der Waals surface area contributed by atoms with Crippen LogP contribution in [-0.4, -0.2) is 24.9 Å². The van der Waals surface area contributed by atoms with Crippen molar-refractivity contribution in [1.29, 1.82) is 0 Å². The van der Waals surface area contributed by atoms with E-state index in [-0.39, 0.29) is 12.4 Å². The van der Waals surface area contributed by atoms with Crippen LogP contribution in [0.3, 0.4) is 0 Å². The van der Waals surface area contributed by atoms with Gasteiger partial charge in [-0.25, -0.2) is 9.37 Å². The molecular weight excluding hydrogens is 365 g/mol. The van der Waals surface area contributed by atoms with E-state index in [2.05, 4.69) is 21.4 Å². The second kappa shape index (κ2) is 8.83. The maximum Gasteiger partial charge on any atom is 0.203 e. The fourth-order valence-electron chi connectivity index (χ4n) is 2.24. The Morgan fingerprint density at radius 3 is 2.81 bits per heavy atom. The molecule has 0 amide bonds. The second-order valence-electron chi connectivity index (χ2n) is 5.32. The van der Waals surface area contributed by atoms with Crippen LogP contribution in [0.2, 0.25) is 0 Å². The monoisotopic (exact) mass is 381 g/mol. The van der Waals surface area contributed by atoms with Crippen molar-refractivity contribution in [2.45, 2.75) is 0 Å². The summed E-state index contributed by atoms with van der Waals surface area (Å²) in [7, 11) is 1.56. The molecule has 1 N–H and O–H groups in total. The molecule has 3 rings (SSSR count). The average molecular weight is 381 g/mol. The summed E-state index contributed by atoms with van der Waals surface area (Å²) in [6.07, 6.45) is 6.84. The summed E-state index contributed by atoms with van der Waals surface area (Å²) in [5.41, 5.74) is 5.31. The van der Waals surface area contributed by atoms with Gasteiger partial charge in [0.05, 0.1) is 19.0 Å². The molecule has 0 saturated heterocycles.